The monoisotopic (exact) mass is 243 g/mol. The fraction of sp³-hybridized carbons (Fsp3) is 0.533. The lowest BCUT2D eigenvalue weighted by atomic mass is 9.82. The average molecular weight is 243 g/mol. The van der Waals surface area contributed by atoms with Crippen LogP contribution in [0, 0.1) is 5.92 Å². The Hall–Kier alpha value is -1.35. The van der Waals surface area contributed by atoms with E-state index in [2.05, 4.69) is 29.4 Å². The van der Waals surface area contributed by atoms with Gasteiger partial charge in [-0.2, -0.15) is 5.10 Å². The number of aromatic nitrogens is 2. The van der Waals surface area contributed by atoms with Crippen LogP contribution in [0.15, 0.2) is 24.3 Å². The zero-order chi connectivity index (χ0) is 12.5. The van der Waals surface area contributed by atoms with Crippen LogP contribution >= 0.6 is 0 Å². The molecular formula is C15H21N3. The quantitative estimate of drug-likeness (QED) is 0.880. The van der Waals surface area contributed by atoms with E-state index in [0.717, 1.165) is 5.69 Å². The lowest BCUT2D eigenvalue weighted by molar-refractivity contribution is 0.305. The molecule has 3 nitrogen and oxygen atoms in total. The molecule has 0 bridgehead atoms. The van der Waals surface area contributed by atoms with E-state index < -0.39 is 0 Å². The van der Waals surface area contributed by atoms with E-state index in [1.165, 1.54) is 43.0 Å². The predicted octanol–water partition coefficient (Wildman–Crippen LogP) is 3.15. The van der Waals surface area contributed by atoms with Gasteiger partial charge < -0.3 is 5.73 Å². The van der Waals surface area contributed by atoms with Crippen molar-refractivity contribution in [3.05, 3.63) is 30.0 Å². The number of hydrogen-bond donors (Lipinski definition) is 1. The Labute approximate surface area is 108 Å². The van der Waals surface area contributed by atoms with Crippen LogP contribution in [0.2, 0.25) is 0 Å². The minimum absolute atomic E-state index is 0.0939. The summed E-state index contributed by atoms with van der Waals surface area (Å²) in [5.74, 6) is 0.608. The molecule has 1 fully saturated rings. The van der Waals surface area contributed by atoms with Gasteiger partial charge in [0.1, 0.15) is 0 Å². The maximum absolute atomic E-state index is 6.47. The van der Waals surface area contributed by atoms with E-state index in [4.69, 9.17) is 5.73 Å². The highest BCUT2D eigenvalue weighted by molar-refractivity contribution is 5.82. The molecule has 18 heavy (non-hydrogen) atoms. The van der Waals surface area contributed by atoms with Gasteiger partial charge >= 0.3 is 0 Å². The van der Waals surface area contributed by atoms with E-state index >= 15 is 0 Å². The maximum atomic E-state index is 6.47. The van der Waals surface area contributed by atoms with Gasteiger partial charge in [0, 0.05) is 12.4 Å². The number of hydrogen-bond acceptors (Lipinski definition) is 2. The van der Waals surface area contributed by atoms with Gasteiger partial charge in [-0.15, -0.1) is 0 Å². The summed E-state index contributed by atoms with van der Waals surface area (Å²) in [6, 6.07) is 8.47. The Kier molecular flexibility index (Phi) is 3.08. The highest BCUT2D eigenvalue weighted by atomic mass is 15.3. The van der Waals surface area contributed by atoms with Gasteiger partial charge in [-0.05, 0) is 24.8 Å². The number of rotatable bonds is 2. The fourth-order valence-electron chi connectivity index (χ4n) is 3.20. The van der Waals surface area contributed by atoms with Crippen molar-refractivity contribution in [2.45, 2.75) is 38.1 Å². The van der Waals surface area contributed by atoms with Crippen LogP contribution in [0.4, 0.5) is 0 Å². The molecule has 1 aliphatic rings. The Morgan fingerprint density at radius 2 is 1.94 bits per heavy atom. The molecule has 0 spiro atoms. The number of nitrogens with zero attached hydrogens (tertiary/aromatic N) is 2. The first-order valence-corrected chi connectivity index (χ1v) is 6.94. The molecule has 1 heterocycles. The molecule has 1 unspecified atom stereocenters. The summed E-state index contributed by atoms with van der Waals surface area (Å²) in [5, 5.41) is 5.88. The van der Waals surface area contributed by atoms with Crippen LogP contribution in [-0.4, -0.2) is 9.78 Å². The second kappa shape index (κ2) is 4.73. The third-order valence-electron chi connectivity index (χ3n) is 4.26. The van der Waals surface area contributed by atoms with Crippen LogP contribution in [0.25, 0.3) is 10.9 Å². The van der Waals surface area contributed by atoms with Crippen molar-refractivity contribution in [1.82, 2.24) is 9.78 Å². The van der Waals surface area contributed by atoms with E-state index in [1.807, 2.05) is 11.7 Å². The molecular weight excluding hydrogens is 222 g/mol. The van der Waals surface area contributed by atoms with Crippen molar-refractivity contribution in [1.29, 1.82) is 0 Å². The molecule has 2 aromatic rings. The van der Waals surface area contributed by atoms with Crippen molar-refractivity contribution in [2.24, 2.45) is 18.7 Å². The van der Waals surface area contributed by atoms with E-state index in [0.29, 0.717) is 5.92 Å². The Balaban J connectivity index is 1.98. The van der Waals surface area contributed by atoms with Gasteiger partial charge in [-0.25, -0.2) is 0 Å². The van der Waals surface area contributed by atoms with Crippen molar-refractivity contribution >= 4 is 10.9 Å². The van der Waals surface area contributed by atoms with E-state index in [1.54, 1.807) is 0 Å². The van der Waals surface area contributed by atoms with Gasteiger partial charge in [0.2, 0.25) is 0 Å². The van der Waals surface area contributed by atoms with Crippen LogP contribution in [0.5, 0.6) is 0 Å². The third kappa shape index (κ3) is 1.93. The number of benzene rings is 1. The molecule has 0 radical (unpaired) electrons. The summed E-state index contributed by atoms with van der Waals surface area (Å²) in [6.45, 7) is 0. The van der Waals surface area contributed by atoms with Gasteiger partial charge in [-0.3, -0.25) is 4.68 Å². The first kappa shape index (κ1) is 11.7. The topological polar surface area (TPSA) is 43.8 Å². The zero-order valence-electron chi connectivity index (χ0n) is 11.0. The first-order chi connectivity index (χ1) is 8.77. The van der Waals surface area contributed by atoms with Crippen molar-refractivity contribution < 1.29 is 0 Å². The van der Waals surface area contributed by atoms with E-state index in [-0.39, 0.29) is 6.04 Å². The van der Waals surface area contributed by atoms with Crippen LogP contribution < -0.4 is 5.73 Å². The lowest BCUT2D eigenvalue weighted by Crippen LogP contribution is -2.24. The number of nitrogens with two attached hydrogens (primary N) is 1. The van der Waals surface area contributed by atoms with Crippen LogP contribution in [0.1, 0.15) is 43.8 Å². The Morgan fingerprint density at radius 3 is 2.72 bits per heavy atom. The Bertz CT molecular complexity index is 538. The Morgan fingerprint density at radius 1 is 1.22 bits per heavy atom. The average Bonchev–Trinajstić information content (AvgIpc) is 2.77. The molecule has 3 heteroatoms. The minimum atomic E-state index is 0.0939. The number of para-hydroxylation sites is 1. The van der Waals surface area contributed by atoms with Gasteiger partial charge in [0.25, 0.3) is 0 Å². The molecule has 1 aliphatic carbocycles. The fourth-order valence-corrected chi connectivity index (χ4v) is 3.20. The largest absolute Gasteiger partial charge is 0.322 e. The maximum Gasteiger partial charge on any atom is 0.0873 e. The summed E-state index contributed by atoms with van der Waals surface area (Å²) < 4.78 is 1.95. The first-order valence-electron chi connectivity index (χ1n) is 6.94. The minimum Gasteiger partial charge on any atom is -0.322 e. The summed E-state index contributed by atoms with van der Waals surface area (Å²) in [4.78, 5) is 0. The van der Waals surface area contributed by atoms with Crippen molar-refractivity contribution in [3.63, 3.8) is 0 Å². The molecule has 0 amide bonds. The molecule has 2 N–H and O–H groups in total. The third-order valence-corrected chi connectivity index (χ3v) is 4.26. The molecule has 0 aliphatic heterocycles. The van der Waals surface area contributed by atoms with Crippen LogP contribution in [0.3, 0.4) is 0 Å². The van der Waals surface area contributed by atoms with Gasteiger partial charge in [0.05, 0.1) is 17.3 Å². The second-order valence-corrected chi connectivity index (χ2v) is 5.45. The molecule has 96 valence electrons. The van der Waals surface area contributed by atoms with Crippen LogP contribution in [-0.2, 0) is 7.05 Å². The second-order valence-electron chi connectivity index (χ2n) is 5.45. The highest BCUT2D eigenvalue weighted by Gasteiger charge is 2.25. The molecule has 1 aromatic carbocycles. The van der Waals surface area contributed by atoms with Crippen molar-refractivity contribution in [3.8, 4) is 0 Å². The molecule has 1 atom stereocenters. The zero-order valence-corrected chi connectivity index (χ0v) is 11.0. The summed E-state index contributed by atoms with van der Waals surface area (Å²) in [7, 11) is 2.00. The molecule has 1 aromatic heterocycles. The SMILES string of the molecule is Cn1nc(C(N)C2CCCCC2)c2ccccc21. The molecule has 3 rings (SSSR count). The van der Waals surface area contributed by atoms with E-state index in [9.17, 15) is 0 Å². The van der Waals surface area contributed by atoms with Crippen molar-refractivity contribution in [2.75, 3.05) is 0 Å². The highest BCUT2D eigenvalue weighted by Crippen LogP contribution is 2.34. The molecule has 1 saturated carbocycles. The summed E-state index contributed by atoms with van der Waals surface area (Å²) in [5.41, 5.74) is 8.74. The lowest BCUT2D eigenvalue weighted by Gasteiger charge is -2.26. The summed E-state index contributed by atoms with van der Waals surface area (Å²) in [6.07, 6.45) is 6.52. The van der Waals surface area contributed by atoms with Gasteiger partial charge in [0.15, 0.2) is 0 Å². The standard InChI is InChI=1S/C15H21N3/c1-18-13-10-6-5-9-12(13)15(17-18)14(16)11-7-3-2-4-8-11/h5-6,9-11,14H,2-4,7-8,16H2,1H3. The smallest absolute Gasteiger partial charge is 0.0873 e. The number of aryl methyl sites for hydroxylation is 1. The predicted molar refractivity (Wildman–Crippen MR) is 74.2 cm³/mol. The van der Waals surface area contributed by atoms with Gasteiger partial charge in [-0.1, -0.05) is 37.5 Å². The molecule has 0 saturated heterocycles. The summed E-state index contributed by atoms with van der Waals surface area (Å²) >= 11 is 0. The normalized spacial score (nSPS) is 19.2. The number of fused-ring (bicyclic) bond motifs is 1.